The molecule has 5 aromatic rings. The van der Waals surface area contributed by atoms with Gasteiger partial charge in [0.05, 0.1) is 26.1 Å². The molecular weight excluding hydrogens is 601 g/mol. The quantitative estimate of drug-likeness (QED) is 0.190. The first-order valence-electron chi connectivity index (χ1n) is 13.5. The molecule has 7 nitrogen and oxygen atoms in total. The van der Waals surface area contributed by atoms with Gasteiger partial charge in [-0.25, -0.2) is 21.8 Å². The number of sulfone groups is 2. The first-order valence-corrected chi connectivity index (χ1v) is 18.2. The van der Waals surface area contributed by atoms with Crippen molar-refractivity contribution in [2.75, 3.05) is 12.5 Å². The Labute approximate surface area is 256 Å². The molecule has 43 heavy (non-hydrogen) atoms. The molecule has 2 aromatic heterocycles. The lowest BCUT2D eigenvalue weighted by atomic mass is 9.95. The zero-order chi connectivity index (χ0) is 31.2. The first-order chi connectivity index (χ1) is 20.1. The van der Waals surface area contributed by atoms with Crippen LogP contribution in [0, 0.1) is 0 Å². The summed E-state index contributed by atoms with van der Waals surface area (Å²) in [6.45, 7) is 5.09. The van der Waals surface area contributed by atoms with E-state index in [0.717, 1.165) is 38.7 Å². The number of benzene rings is 3. The van der Waals surface area contributed by atoms with Gasteiger partial charge in [-0.05, 0) is 85.5 Å². The molecule has 10 heteroatoms. The summed E-state index contributed by atoms with van der Waals surface area (Å²) in [6.07, 6.45) is 7.76. The maximum atomic E-state index is 12.4. The second kappa shape index (κ2) is 11.4. The monoisotopic (exact) mass is 632 g/mol. The molecule has 5 rings (SSSR count). The van der Waals surface area contributed by atoms with Gasteiger partial charge in [0.2, 0.25) is 0 Å². The Bertz CT molecular complexity index is 2070. The van der Waals surface area contributed by atoms with E-state index in [2.05, 4.69) is 9.97 Å². The number of fused-ring (bicyclic) bond motifs is 1. The molecule has 0 aliphatic heterocycles. The highest BCUT2D eigenvalue weighted by atomic mass is 32.2. The van der Waals surface area contributed by atoms with Crippen LogP contribution >= 0.6 is 11.3 Å². The van der Waals surface area contributed by atoms with Crippen molar-refractivity contribution in [3.63, 3.8) is 0 Å². The van der Waals surface area contributed by atoms with Crippen LogP contribution in [0.1, 0.15) is 52.6 Å². The minimum Gasteiger partial charge on any atom is -0.385 e. The van der Waals surface area contributed by atoms with Crippen molar-refractivity contribution in [1.29, 1.82) is 0 Å². The fraction of sp³-hybridized carbons (Fsp3) is 0.212. The molecule has 1 atom stereocenters. The Hall–Kier alpha value is -3.70. The van der Waals surface area contributed by atoms with Crippen molar-refractivity contribution in [2.45, 2.75) is 36.5 Å². The SMILES string of the molecule is CC(c1cc(-c2cccc(C=C(c3ccc(S(C)(=O)=O)cc3)c3ncc(C(C)(C)O)s3)c2)c2ncccc2c1)S(C)(=O)=O. The van der Waals surface area contributed by atoms with Gasteiger partial charge in [-0.1, -0.05) is 36.4 Å². The minimum absolute atomic E-state index is 0.219. The Morgan fingerprint density at radius 3 is 2.28 bits per heavy atom. The van der Waals surface area contributed by atoms with E-state index in [1.54, 1.807) is 57.4 Å². The highest BCUT2D eigenvalue weighted by Crippen LogP contribution is 2.36. The van der Waals surface area contributed by atoms with Gasteiger partial charge >= 0.3 is 0 Å². The summed E-state index contributed by atoms with van der Waals surface area (Å²) in [7, 11) is -6.69. The van der Waals surface area contributed by atoms with E-state index in [0.29, 0.717) is 15.4 Å². The van der Waals surface area contributed by atoms with E-state index < -0.39 is 30.5 Å². The van der Waals surface area contributed by atoms with Crippen molar-refractivity contribution in [3.05, 3.63) is 112 Å². The lowest BCUT2D eigenvalue weighted by Crippen LogP contribution is -2.12. The van der Waals surface area contributed by atoms with Crippen LogP contribution in [0.4, 0.5) is 0 Å². The number of aromatic nitrogens is 2. The van der Waals surface area contributed by atoms with E-state index in [-0.39, 0.29) is 4.90 Å². The van der Waals surface area contributed by atoms with Crippen molar-refractivity contribution >= 4 is 53.6 Å². The van der Waals surface area contributed by atoms with E-state index in [1.165, 1.54) is 23.8 Å². The van der Waals surface area contributed by atoms with E-state index in [4.69, 9.17) is 0 Å². The van der Waals surface area contributed by atoms with Crippen LogP contribution in [0.2, 0.25) is 0 Å². The molecule has 0 saturated carbocycles. The zero-order valence-corrected chi connectivity index (χ0v) is 26.9. The lowest BCUT2D eigenvalue weighted by molar-refractivity contribution is 0.0823. The molecule has 2 heterocycles. The summed E-state index contributed by atoms with van der Waals surface area (Å²) in [5.41, 5.74) is 4.45. The molecule has 1 N–H and O–H groups in total. The standard InChI is InChI=1S/C33H32N2O5S3/c1-21(42(4,37)38)26-18-25-10-7-15-34-31(25)28(19-26)24-9-6-8-22(16-24)17-29(32-35-20-30(41-32)33(2,3)36)23-11-13-27(14-12-23)43(5,39)40/h6-21,36H,1-5H3. The summed E-state index contributed by atoms with van der Waals surface area (Å²) in [6, 6.07) is 22.0. The van der Waals surface area contributed by atoms with Crippen LogP contribution in [-0.2, 0) is 25.3 Å². The van der Waals surface area contributed by atoms with Crippen LogP contribution in [0.15, 0.2) is 90.1 Å². The molecule has 0 radical (unpaired) electrons. The Kier molecular flexibility index (Phi) is 8.17. The van der Waals surface area contributed by atoms with Gasteiger partial charge in [0, 0.05) is 41.4 Å². The summed E-state index contributed by atoms with van der Waals surface area (Å²) < 4.78 is 49.0. The van der Waals surface area contributed by atoms with Crippen molar-refractivity contribution < 1.29 is 21.9 Å². The third-order valence-electron chi connectivity index (χ3n) is 7.28. The summed E-state index contributed by atoms with van der Waals surface area (Å²) in [4.78, 5) is 10.1. The second-order valence-corrected chi connectivity index (χ2v) is 16.6. The normalized spacial score (nSPS) is 13.8. The van der Waals surface area contributed by atoms with E-state index >= 15 is 0 Å². The van der Waals surface area contributed by atoms with Crippen molar-refractivity contribution in [1.82, 2.24) is 9.97 Å². The van der Waals surface area contributed by atoms with Crippen LogP contribution in [0.3, 0.4) is 0 Å². The largest absolute Gasteiger partial charge is 0.385 e. The third kappa shape index (κ3) is 6.78. The van der Waals surface area contributed by atoms with Crippen molar-refractivity contribution in [3.8, 4) is 11.1 Å². The topological polar surface area (TPSA) is 114 Å². The second-order valence-electron chi connectivity index (χ2n) is 11.2. The Balaban J connectivity index is 1.67. The molecule has 0 aliphatic rings. The highest BCUT2D eigenvalue weighted by molar-refractivity contribution is 7.91. The number of aliphatic hydroxyl groups is 1. The van der Waals surface area contributed by atoms with Gasteiger partial charge in [-0.3, -0.25) is 4.98 Å². The predicted octanol–water partition coefficient (Wildman–Crippen LogP) is 6.68. The number of pyridine rings is 1. The molecule has 222 valence electrons. The predicted molar refractivity (Wildman–Crippen MR) is 174 cm³/mol. The number of thiazole rings is 1. The van der Waals surface area contributed by atoms with Gasteiger partial charge < -0.3 is 5.11 Å². The fourth-order valence-electron chi connectivity index (χ4n) is 4.71. The molecule has 1 unspecified atom stereocenters. The minimum atomic E-state index is -3.37. The number of hydrogen-bond acceptors (Lipinski definition) is 8. The van der Waals surface area contributed by atoms with Gasteiger partial charge in [0.25, 0.3) is 0 Å². The van der Waals surface area contributed by atoms with Crippen LogP contribution in [0.25, 0.3) is 33.7 Å². The van der Waals surface area contributed by atoms with E-state index in [9.17, 15) is 21.9 Å². The van der Waals surface area contributed by atoms with Crippen LogP contribution < -0.4 is 0 Å². The van der Waals surface area contributed by atoms with Gasteiger partial charge in [-0.2, -0.15) is 0 Å². The Morgan fingerprint density at radius 1 is 0.930 bits per heavy atom. The lowest BCUT2D eigenvalue weighted by Gasteiger charge is -2.15. The highest BCUT2D eigenvalue weighted by Gasteiger charge is 2.22. The molecule has 0 amide bonds. The fourth-order valence-corrected chi connectivity index (χ4v) is 6.93. The number of rotatable bonds is 8. The third-order valence-corrected chi connectivity index (χ3v) is 11.3. The van der Waals surface area contributed by atoms with Crippen LogP contribution in [0.5, 0.6) is 0 Å². The maximum absolute atomic E-state index is 12.4. The first kappa shape index (κ1) is 30.7. The average Bonchev–Trinajstić information content (AvgIpc) is 3.45. The Morgan fingerprint density at radius 2 is 1.65 bits per heavy atom. The summed E-state index contributed by atoms with van der Waals surface area (Å²) >= 11 is 1.37. The molecular formula is C33H32N2O5S3. The molecule has 0 fully saturated rings. The number of nitrogens with zero attached hydrogens (tertiary/aromatic N) is 2. The van der Waals surface area contributed by atoms with Crippen LogP contribution in [-0.4, -0.2) is 44.4 Å². The zero-order valence-electron chi connectivity index (χ0n) is 24.4. The summed E-state index contributed by atoms with van der Waals surface area (Å²) in [5.74, 6) is 0. The van der Waals surface area contributed by atoms with Gasteiger partial charge in [0.15, 0.2) is 19.7 Å². The summed E-state index contributed by atoms with van der Waals surface area (Å²) in [5, 5.41) is 11.4. The maximum Gasteiger partial charge on any atom is 0.175 e. The number of hydrogen-bond donors (Lipinski definition) is 1. The van der Waals surface area contributed by atoms with Gasteiger partial charge in [0.1, 0.15) is 5.01 Å². The van der Waals surface area contributed by atoms with Crippen molar-refractivity contribution in [2.24, 2.45) is 0 Å². The smallest absolute Gasteiger partial charge is 0.175 e. The molecule has 0 spiro atoms. The molecule has 3 aromatic carbocycles. The molecule has 0 bridgehead atoms. The average molecular weight is 633 g/mol. The molecule has 0 aliphatic carbocycles. The van der Waals surface area contributed by atoms with E-state index in [1.807, 2.05) is 54.6 Å². The molecule has 0 saturated heterocycles. The van der Waals surface area contributed by atoms with Gasteiger partial charge in [-0.15, -0.1) is 11.3 Å².